The van der Waals surface area contributed by atoms with Crippen molar-refractivity contribution in [1.29, 1.82) is 0 Å². The van der Waals surface area contributed by atoms with Gasteiger partial charge in [-0.05, 0) is 59.8 Å². The van der Waals surface area contributed by atoms with Gasteiger partial charge in [0.15, 0.2) is 5.82 Å². The summed E-state index contributed by atoms with van der Waals surface area (Å²) in [5.41, 5.74) is 6.85. The molecular formula is C11H10Br3N3S. The normalized spacial score (nSPS) is 11.2. The van der Waals surface area contributed by atoms with E-state index < -0.39 is 0 Å². The van der Waals surface area contributed by atoms with E-state index in [1.54, 1.807) is 11.3 Å². The lowest BCUT2D eigenvalue weighted by atomic mass is 10.1. The van der Waals surface area contributed by atoms with Crippen molar-refractivity contribution in [2.75, 3.05) is 5.73 Å². The highest BCUT2D eigenvalue weighted by molar-refractivity contribution is 9.13. The van der Waals surface area contributed by atoms with Gasteiger partial charge in [0.1, 0.15) is 5.82 Å². The van der Waals surface area contributed by atoms with Gasteiger partial charge in [-0.2, -0.15) is 0 Å². The number of anilines is 1. The molecule has 0 amide bonds. The van der Waals surface area contributed by atoms with Crippen molar-refractivity contribution in [1.82, 2.24) is 9.97 Å². The quantitative estimate of drug-likeness (QED) is 0.677. The number of nitrogen functional groups attached to an aromatic ring is 1. The lowest BCUT2D eigenvalue weighted by molar-refractivity contribution is 0.811. The van der Waals surface area contributed by atoms with Crippen LogP contribution in [-0.4, -0.2) is 9.97 Å². The number of rotatable bonds is 2. The summed E-state index contributed by atoms with van der Waals surface area (Å²) in [5.74, 6) is 1.43. The molecule has 0 bridgehead atoms. The fraction of sp³-hybridized carbons (Fsp3) is 0.273. The van der Waals surface area contributed by atoms with Crippen molar-refractivity contribution in [3.63, 3.8) is 0 Å². The monoisotopic (exact) mass is 453 g/mol. The molecule has 0 radical (unpaired) electrons. The third kappa shape index (κ3) is 2.79. The Hall–Kier alpha value is 0.0200. The first-order chi connectivity index (χ1) is 8.40. The summed E-state index contributed by atoms with van der Waals surface area (Å²) < 4.78 is 2.81. The van der Waals surface area contributed by atoms with Crippen LogP contribution in [0.5, 0.6) is 0 Å². The van der Waals surface area contributed by atoms with E-state index in [4.69, 9.17) is 5.73 Å². The molecule has 2 aromatic heterocycles. The number of nitrogens with two attached hydrogens (primary N) is 1. The molecule has 0 aliphatic carbocycles. The zero-order chi connectivity index (χ0) is 13.4. The molecule has 0 fully saturated rings. The highest BCUT2D eigenvalue weighted by Gasteiger charge is 2.16. The van der Waals surface area contributed by atoms with Crippen molar-refractivity contribution in [3.05, 3.63) is 24.5 Å². The minimum absolute atomic E-state index is 0.287. The van der Waals surface area contributed by atoms with E-state index >= 15 is 0 Å². The van der Waals surface area contributed by atoms with Gasteiger partial charge in [-0.1, -0.05) is 13.8 Å². The van der Waals surface area contributed by atoms with Crippen LogP contribution < -0.4 is 5.73 Å². The molecule has 0 spiro atoms. The van der Waals surface area contributed by atoms with E-state index in [9.17, 15) is 0 Å². The molecule has 0 aliphatic heterocycles. The van der Waals surface area contributed by atoms with Crippen LogP contribution in [0.2, 0.25) is 0 Å². The minimum atomic E-state index is 0.287. The number of thiophene rings is 1. The van der Waals surface area contributed by atoms with Crippen LogP contribution in [-0.2, 0) is 0 Å². The molecule has 0 aromatic carbocycles. The summed E-state index contributed by atoms with van der Waals surface area (Å²) in [7, 11) is 0. The van der Waals surface area contributed by atoms with Crippen molar-refractivity contribution in [2.24, 2.45) is 0 Å². The van der Waals surface area contributed by atoms with Crippen molar-refractivity contribution in [2.45, 2.75) is 19.8 Å². The molecule has 2 heterocycles. The number of nitrogens with zero attached hydrogens (tertiary/aromatic N) is 2. The molecule has 0 atom stereocenters. The largest absolute Gasteiger partial charge is 0.383 e. The van der Waals surface area contributed by atoms with Crippen LogP contribution in [0.25, 0.3) is 10.7 Å². The number of aromatic nitrogens is 2. The highest BCUT2D eigenvalue weighted by atomic mass is 79.9. The van der Waals surface area contributed by atoms with Gasteiger partial charge in [0, 0.05) is 4.47 Å². The number of hydrogen-bond acceptors (Lipinski definition) is 4. The maximum atomic E-state index is 5.92. The lowest BCUT2D eigenvalue weighted by Gasteiger charge is -2.10. The predicted molar refractivity (Wildman–Crippen MR) is 86.9 cm³/mol. The van der Waals surface area contributed by atoms with Crippen LogP contribution in [0.15, 0.2) is 18.8 Å². The summed E-state index contributed by atoms with van der Waals surface area (Å²) >= 11 is 11.9. The standard InChI is InChI=1S/C11H10Br3N3S/c1-4(2)8-7(13)10(15)17-11(16-8)6-3-5(12)9(14)18-6/h3-4H,1-2H3,(H2,15,16,17). The van der Waals surface area contributed by atoms with Gasteiger partial charge in [0.2, 0.25) is 0 Å². The minimum Gasteiger partial charge on any atom is -0.383 e. The Bertz CT molecular complexity index is 576. The number of hydrogen-bond donors (Lipinski definition) is 1. The molecule has 3 nitrogen and oxygen atoms in total. The smallest absolute Gasteiger partial charge is 0.172 e. The van der Waals surface area contributed by atoms with Crippen molar-refractivity contribution >= 4 is 64.9 Å². The molecule has 0 saturated heterocycles. The van der Waals surface area contributed by atoms with E-state index in [0.29, 0.717) is 11.6 Å². The SMILES string of the molecule is CC(C)c1nc(-c2cc(Br)c(Br)s2)nc(N)c1Br. The number of halogens is 3. The summed E-state index contributed by atoms with van der Waals surface area (Å²) in [6.45, 7) is 4.16. The molecule has 2 N–H and O–H groups in total. The summed E-state index contributed by atoms with van der Waals surface area (Å²) in [5, 5.41) is 0. The zero-order valence-corrected chi connectivity index (χ0v) is 15.2. The van der Waals surface area contributed by atoms with Gasteiger partial charge >= 0.3 is 0 Å². The van der Waals surface area contributed by atoms with Crippen LogP contribution in [0.4, 0.5) is 5.82 Å². The lowest BCUT2D eigenvalue weighted by Crippen LogP contribution is -2.03. The van der Waals surface area contributed by atoms with E-state index in [2.05, 4.69) is 71.6 Å². The average Bonchev–Trinajstić information content (AvgIpc) is 2.62. The maximum Gasteiger partial charge on any atom is 0.172 e. The summed E-state index contributed by atoms with van der Waals surface area (Å²) in [6, 6.07) is 1.99. The fourth-order valence-corrected chi connectivity index (χ4v) is 4.04. The van der Waals surface area contributed by atoms with Gasteiger partial charge < -0.3 is 5.73 Å². The van der Waals surface area contributed by atoms with Crippen LogP contribution in [0.3, 0.4) is 0 Å². The Balaban J connectivity index is 2.58. The van der Waals surface area contributed by atoms with E-state index in [0.717, 1.165) is 23.3 Å². The van der Waals surface area contributed by atoms with Gasteiger partial charge in [0.05, 0.1) is 18.8 Å². The van der Waals surface area contributed by atoms with E-state index in [1.807, 2.05) is 6.07 Å². The molecular weight excluding hydrogens is 446 g/mol. The second-order valence-electron chi connectivity index (χ2n) is 4.02. The topological polar surface area (TPSA) is 51.8 Å². The summed E-state index contributed by atoms with van der Waals surface area (Å²) in [4.78, 5) is 9.90. The molecule has 2 aromatic rings. The second kappa shape index (κ2) is 5.56. The Morgan fingerprint density at radius 2 is 1.89 bits per heavy atom. The Labute approximate surface area is 135 Å². The molecule has 7 heteroatoms. The zero-order valence-electron chi connectivity index (χ0n) is 9.67. The van der Waals surface area contributed by atoms with Crippen molar-refractivity contribution in [3.8, 4) is 10.7 Å². The van der Waals surface area contributed by atoms with Gasteiger partial charge in [-0.15, -0.1) is 11.3 Å². The second-order valence-corrected chi connectivity index (χ2v) is 8.04. The van der Waals surface area contributed by atoms with Gasteiger partial charge in [-0.3, -0.25) is 0 Å². The van der Waals surface area contributed by atoms with Gasteiger partial charge in [0.25, 0.3) is 0 Å². The Kier molecular flexibility index (Phi) is 4.46. The van der Waals surface area contributed by atoms with Crippen LogP contribution in [0, 0.1) is 0 Å². The first-order valence-corrected chi connectivity index (χ1v) is 8.37. The first-order valence-electron chi connectivity index (χ1n) is 5.18. The Morgan fingerprint density at radius 1 is 1.22 bits per heavy atom. The first kappa shape index (κ1) is 14.4. The van der Waals surface area contributed by atoms with Crippen LogP contribution in [0.1, 0.15) is 25.5 Å². The molecule has 0 saturated carbocycles. The average molecular weight is 456 g/mol. The predicted octanol–water partition coefficient (Wildman–Crippen LogP) is 5.20. The van der Waals surface area contributed by atoms with E-state index in [1.165, 1.54) is 0 Å². The molecule has 96 valence electrons. The van der Waals surface area contributed by atoms with Gasteiger partial charge in [-0.25, -0.2) is 9.97 Å². The maximum absolute atomic E-state index is 5.92. The van der Waals surface area contributed by atoms with E-state index in [-0.39, 0.29) is 5.92 Å². The highest BCUT2D eigenvalue weighted by Crippen LogP contribution is 2.38. The summed E-state index contributed by atoms with van der Waals surface area (Å²) in [6.07, 6.45) is 0. The third-order valence-corrected chi connectivity index (χ3v) is 6.38. The van der Waals surface area contributed by atoms with Crippen molar-refractivity contribution < 1.29 is 0 Å². The molecule has 2 rings (SSSR count). The fourth-order valence-electron chi connectivity index (χ4n) is 1.43. The molecule has 0 aliphatic rings. The third-order valence-electron chi connectivity index (χ3n) is 2.31. The van der Waals surface area contributed by atoms with Crippen LogP contribution >= 0.6 is 59.1 Å². The molecule has 0 unspecified atom stereocenters. The Morgan fingerprint density at radius 3 is 2.39 bits per heavy atom. The molecule has 18 heavy (non-hydrogen) atoms.